The maximum atomic E-state index is 10.8. The molecule has 4 nitrogen and oxygen atoms in total. The summed E-state index contributed by atoms with van der Waals surface area (Å²) in [7, 11) is 0. The van der Waals surface area contributed by atoms with Crippen LogP contribution in [0, 0.1) is 0 Å². The number of aldehydes is 1. The SMILES string of the molecule is O=Cc1ccc(-c2ccccc2C(=O)[O-])o1. The first kappa shape index (κ1) is 10.2. The van der Waals surface area contributed by atoms with Gasteiger partial charge < -0.3 is 14.3 Å². The summed E-state index contributed by atoms with van der Waals surface area (Å²) >= 11 is 0. The van der Waals surface area contributed by atoms with Crippen molar-refractivity contribution in [2.45, 2.75) is 0 Å². The van der Waals surface area contributed by atoms with Gasteiger partial charge in [-0.2, -0.15) is 0 Å². The third-order valence-electron chi connectivity index (χ3n) is 2.16. The largest absolute Gasteiger partial charge is 0.545 e. The number of hydrogen-bond donors (Lipinski definition) is 0. The number of rotatable bonds is 3. The molecule has 0 saturated carbocycles. The van der Waals surface area contributed by atoms with Gasteiger partial charge in [0.15, 0.2) is 12.0 Å². The first-order valence-electron chi connectivity index (χ1n) is 4.58. The molecule has 0 radical (unpaired) electrons. The third kappa shape index (κ3) is 1.72. The van der Waals surface area contributed by atoms with Gasteiger partial charge in [0, 0.05) is 11.1 Å². The van der Waals surface area contributed by atoms with E-state index in [-0.39, 0.29) is 11.3 Å². The minimum atomic E-state index is -1.28. The van der Waals surface area contributed by atoms with Gasteiger partial charge in [-0.25, -0.2) is 0 Å². The van der Waals surface area contributed by atoms with E-state index >= 15 is 0 Å². The van der Waals surface area contributed by atoms with Gasteiger partial charge >= 0.3 is 0 Å². The number of carboxylic acid groups (broad SMARTS) is 1. The Balaban J connectivity index is 2.54. The molecule has 2 aromatic rings. The second-order valence-corrected chi connectivity index (χ2v) is 3.15. The van der Waals surface area contributed by atoms with Gasteiger partial charge in [0.25, 0.3) is 0 Å². The van der Waals surface area contributed by atoms with Crippen LogP contribution in [0.4, 0.5) is 0 Å². The molecule has 0 bridgehead atoms. The zero-order valence-electron chi connectivity index (χ0n) is 8.17. The number of aromatic carboxylic acids is 1. The van der Waals surface area contributed by atoms with Crippen LogP contribution in [0.5, 0.6) is 0 Å². The summed E-state index contributed by atoms with van der Waals surface area (Å²) in [4.78, 5) is 21.3. The van der Waals surface area contributed by atoms with Crippen LogP contribution in [0.3, 0.4) is 0 Å². The summed E-state index contributed by atoms with van der Waals surface area (Å²) in [6.07, 6.45) is 0.561. The van der Waals surface area contributed by atoms with E-state index < -0.39 is 5.97 Å². The Labute approximate surface area is 91.1 Å². The summed E-state index contributed by atoms with van der Waals surface area (Å²) in [5, 5.41) is 10.8. The summed E-state index contributed by atoms with van der Waals surface area (Å²) in [5.41, 5.74) is 0.435. The van der Waals surface area contributed by atoms with E-state index in [0.717, 1.165) is 0 Å². The molecule has 1 aromatic carbocycles. The number of benzene rings is 1. The van der Waals surface area contributed by atoms with Crippen molar-refractivity contribution in [3.63, 3.8) is 0 Å². The molecule has 0 amide bonds. The second kappa shape index (κ2) is 4.02. The lowest BCUT2D eigenvalue weighted by atomic mass is 10.1. The number of hydrogen-bond acceptors (Lipinski definition) is 4. The topological polar surface area (TPSA) is 70.3 Å². The molecule has 0 aliphatic rings. The molecule has 0 saturated heterocycles. The Kier molecular flexibility index (Phi) is 2.55. The zero-order chi connectivity index (χ0) is 11.5. The van der Waals surface area contributed by atoms with Crippen molar-refractivity contribution >= 4 is 12.3 Å². The predicted molar refractivity (Wildman–Crippen MR) is 53.9 cm³/mol. The smallest absolute Gasteiger partial charge is 0.185 e. The lowest BCUT2D eigenvalue weighted by Crippen LogP contribution is -2.22. The van der Waals surface area contributed by atoms with Crippen LogP contribution in [0.2, 0.25) is 0 Å². The monoisotopic (exact) mass is 215 g/mol. The van der Waals surface area contributed by atoms with Gasteiger partial charge in [-0.3, -0.25) is 4.79 Å². The summed E-state index contributed by atoms with van der Waals surface area (Å²) < 4.78 is 5.15. The Morgan fingerprint density at radius 2 is 1.94 bits per heavy atom. The molecular weight excluding hydrogens is 208 g/mol. The normalized spacial score (nSPS) is 10.0. The van der Waals surface area contributed by atoms with Crippen molar-refractivity contribution in [1.29, 1.82) is 0 Å². The third-order valence-corrected chi connectivity index (χ3v) is 2.16. The van der Waals surface area contributed by atoms with E-state index in [9.17, 15) is 14.7 Å². The van der Waals surface area contributed by atoms with Crippen molar-refractivity contribution in [2.75, 3.05) is 0 Å². The Morgan fingerprint density at radius 1 is 1.19 bits per heavy atom. The molecule has 1 heterocycles. The summed E-state index contributed by atoms with van der Waals surface area (Å²) in [6, 6.07) is 9.33. The summed E-state index contributed by atoms with van der Waals surface area (Å²) in [6.45, 7) is 0. The highest BCUT2D eigenvalue weighted by Crippen LogP contribution is 2.24. The fraction of sp³-hybridized carbons (Fsp3) is 0. The maximum absolute atomic E-state index is 10.8. The van der Waals surface area contributed by atoms with Gasteiger partial charge in [-0.1, -0.05) is 24.3 Å². The van der Waals surface area contributed by atoms with E-state index in [1.54, 1.807) is 24.3 Å². The van der Waals surface area contributed by atoms with Crippen LogP contribution < -0.4 is 5.11 Å². The minimum Gasteiger partial charge on any atom is -0.545 e. The predicted octanol–water partition coefficient (Wildman–Crippen LogP) is 1.12. The molecule has 0 aliphatic heterocycles. The number of furan rings is 1. The molecule has 0 spiro atoms. The van der Waals surface area contributed by atoms with Gasteiger partial charge in [-0.15, -0.1) is 0 Å². The first-order chi connectivity index (χ1) is 7.72. The molecule has 0 unspecified atom stereocenters. The highest BCUT2D eigenvalue weighted by atomic mass is 16.4. The van der Waals surface area contributed by atoms with E-state index in [0.29, 0.717) is 17.6 Å². The van der Waals surface area contributed by atoms with E-state index in [4.69, 9.17) is 4.42 Å². The van der Waals surface area contributed by atoms with Crippen LogP contribution in [0.1, 0.15) is 20.9 Å². The fourth-order valence-corrected chi connectivity index (χ4v) is 1.44. The van der Waals surface area contributed by atoms with Crippen molar-refractivity contribution in [3.05, 3.63) is 47.7 Å². The highest BCUT2D eigenvalue weighted by molar-refractivity contribution is 5.94. The minimum absolute atomic E-state index is 0.0364. The van der Waals surface area contributed by atoms with Crippen molar-refractivity contribution in [3.8, 4) is 11.3 Å². The van der Waals surface area contributed by atoms with Gasteiger partial charge in [0.05, 0.1) is 5.97 Å². The number of carboxylic acids is 1. The average molecular weight is 215 g/mol. The molecule has 0 atom stereocenters. The molecule has 2 rings (SSSR count). The molecule has 1 aromatic heterocycles. The highest BCUT2D eigenvalue weighted by Gasteiger charge is 2.09. The molecule has 16 heavy (non-hydrogen) atoms. The molecule has 80 valence electrons. The van der Waals surface area contributed by atoms with E-state index in [1.165, 1.54) is 12.1 Å². The average Bonchev–Trinajstić information content (AvgIpc) is 2.77. The van der Waals surface area contributed by atoms with Crippen molar-refractivity contribution in [2.24, 2.45) is 0 Å². The fourth-order valence-electron chi connectivity index (χ4n) is 1.44. The molecular formula is C12H7O4-. The summed E-state index contributed by atoms with van der Waals surface area (Å²) in [5.74, 6) is -0.787. The number of carbonyl (C=O) groups excluding carboxylic acids is 2. The van der Waals surface area contributed by atoms with Crippen LogP contribution >= 0.6 is 0 Å². The van der Waals surface area contributed by atoms with Gasteiger partial charge in [-0.05, 0) is 12.1 Å². The Bertz CT molecular complexity index is 539. The molecule has 4 heteroatoms. The van der Waals surface area contributed by atoms with E-state index in [1.807, 2.05) is 0 Å². The Hall–Kier alpha value is -2.36. The second-order valence-electron chi connectivity index (χ2n) is 3.15. The van der Waals surface area contributed by atoms with Gasteiger partial charge in [0.1, 0.15) is 5.76 Å². The molecule has 0 aliphatic carbocycles. The first-order valence-corrected chi connectivity index (χ1v) is 4.58. The number of carbonyl (C=O) groups is 2. The quantitative estimate of drug-likeness (QED) is 0.719. The standard InChI is InChI=1S/C12H8O4/c13-7-8-5-6-11(16-8)9-3-1-2-4-10(9)12(14)15/h1-7H,(H,14,15)/p-1. The Morgan fingerprint density at radius 3 is 2.56 bits per heavy atom. The van der Waals surface area contributed by atoms with Gasteiger partial charge in [0.2, 0.25) is 0 Å². The molecule has 0 N–H and O–H groups in total. The van der Waals surface area contributed by atoms with Crippen LogP contribution in [-0.2, 0) is 0 Å². The van der Waals surface area contributed by atoms with Crippen LogP contribution in [-0.4, -0.2) is 12.3 Å². The maximum Gasteiger partial charge on any atom is 0.185 e. The van der Waals surface area contributed by atoms with Crippen molar-refractivity contribution < 1.29 is 19.1 Å². The zero-order valence-corrected chi connectivity index (χ0v) is 8.17. The van der Waals surface area contributed by atoms with E-state index in [2.05, 4.69) is 0 Å². The lowest BCUT2D eigenvalue weighted by Gasteiger charge is -2.07. The van der Waals surface area contributed by atoms with Crippen LogP contribution in [0.25, 0.3) is 11.3 Å². The lowest BCUT2D eigenvalue weighted by molar-refractivity contribution is -0.254. The van der Waals surface area contributed by atoms with Crippen LogP contribution in [0.15, 0.2) is 40.8 Å². The van der Waals surface area contributed by atoms with Crippen molar-refractivity contribution in [1.82, 2.24) is 0 Å². The molecule has 0 fully saturated rings.